The summed E-state index contributed by atoms with van der Waals surface area (Å²) in [5, 5.41) is 3.42. The molecule has 1 aromatic rings. The first-order valence-corrected chi connectivity index (χ1v) is 10.9. The van der Waals surface area contributed by atoms with Gasteiger partial charge in [0.05, 0.1) is 13.0 Å². The highest BCUT2D eigenvalue weighted by Gasteiger charge is 2.35. The molecular formula is C18H25ClN2O4S. The van der Waals surface area contributed by atoms with Crippen LogP contribution in [0, 0.1) is 5.92 Å². The second-order valence-electron chi connectivity index (χ2n) is 6.99. The topological polar surface area (TPSA) is 75.7 Å². The zero-order valence-electron chi connectivity index (χ0n) is 14.9. The molecule has 1 saturated heterocycles. The van der Waals surface area contributed by atoms with Gasteiger partial charge in [0.25, 0.3) is 0 Å². The molecule has 1 N–H and O–H groups in total. The number of piperidine rings is 1. The van der Waals surface area contributed by atoms with Crippen molar-refractivity contribution in [2.24, 2.45) is 5.92 Å². The van der Waals surface area contributed by atoms with E-state index in [0.717, 1.165) is 25.7 Å². The largest absolute Gasteiger partial charge is 0.495 e. The minimum absolute atomic E-state index is 0.0325. The third-order valence-electron chi connectivity index (χ3n) is 5.20. The summed E-state index contributed by atoms with van der Waals surface area (Å²) in [6, 6.07) is 4.77. The van der Waals surface area contributed by atoms with E-state index in [-0.39, 0.29) is 35.1 Å². The lowest BCUT2D eigenvalue weighted by Crippen LogP contribution is -2.47. The molecule has 1 atom stereocenters. The number of amides is 1. The number of nitrogens with one attached hydrogen (secondary N) is 1. The van der Waals surface area contributed by atoms with Crippen LogP contribution in [0.1, 0.15) is 38.5 Å². The Hall–Kier alpha value is -1.31. The predicted molar refractivity (Wildman–Crippen MR) is 99.9 cm³/mol. The summed E-state index contributed by atoms with van der Waals surface area (Å²) in [6.45, 7) is 0.585. The fraction of sp³-hybridized carbons (Fsp3) is 0.611. The molecule has 2 aliphatic rings. The van der Waals surface area contributed by atoms with E-state index in [9.17, 15) is 13.2 Å². The smallest absolute Gasteiger partial charge is 0.246 e. The summed E-state index contributed by atoms with van der Waals surface area (Å²) < 4.78 is 32.8. The standard InChI is InChI=1S/C18H25ClN2O4S/c1-25-16-9-8-14(19)11-17(16)26(23,24)21-10-4-5-13(12-21)18(22)20-15-6-2-3-7-15/h8-9,11,13,15H,2-7,10,12H2,1H3,(H,20,22)/t13-/m0/s1. The quantitative estimate of drug-likeness (QED) is 0.824. The Balaban J connectivity index is 1.76. The van der Waals surface area contributed by atoms with Crippen molar-refractivity contribution in [2.75, 3.05) is 20.2 Å². The van der Waals surface area contributed by atoms with Gasteiger partial charge in [-0.3, -0.25) is 4.79 Å². The summed E-state index contributed by atoms with van der Waals surface area (Å²) in [6.07, 6.45) is 5.68. The Morgan fingerprint density at radius 3 is 2.65 bits per heavy atom. The number of halogens is 1. The first-order valence-electron chi connectivity index (χ1n) is 9.06. The third-order valence-corrected chi connectivity index (χ3v) is 7.32. The average Bonchev–Trinajstić information content (AvgIpc) is 3.14. The molecule has 2 fully saturated rings. The van der Waals surface area contributed by atoms with Crippen LogP contribution in [0.25, 0.3) is 0 Å². The van der Waals surface area contributed by atoms with Crippen LogP contribution in [-0.4, -0.2) is 44.9 Å². The number of nitrogens with zero attached hydrogens (tertiary/aromatic N) is 1. The highest BCUT2D eigenvalue weighted by atomic mass is 35.5. The zero-order valence-corrected chi connectivity index (χ0v) is 16.5. The lowest BCUT2D eigenvalue weighted by molar-refractivity contribution is -0.126. The molecule has 1 heterocycles. The van der Waals surface area contributed by atoms with Crippen LogP contribution < -0.4 is 10.1 Å². The van der Waals surface area contributed by atoms with Gasteiger partial charge in [0, 0.05) is 24.2 Å². The fourth-order valence-corrected chi connectivity index (χ4v) is 5.70. The van der Waals surface area contributed by atoms with Crippen LogP contribution >= 0.6 is 11.6 Å². The number of hydrogen-bond donors (Lipinski definition) is 1. The van der Waals surface area contributed by atoms with Crippen molar-refractivity contribution in [3.63, 3.8) is 0 Å². The van der Waals surface area contributed by atoms with Crippen molar-refractivity contribution in [3.05, 3.63) is 23.2 Å². The summed E-state index contributed by atoms with van der Waals surface area (Å²) in [5.41, 5.74) is 0. The first-order chi connectivity index (χ1) is 12.4. The molecule has 3 rings (SSSR count). The average molecular weight is 401 g/mol. The Kier molecular flexibility index (Phi) is 6.10. The maximum atomic E-state index is 13.1. The van der Waals surface area contributed by atoms with Gasteiger partial charge in [0.1, 0.15) is 10.6 Å². The van der Waals surface area contributed by atoms with E-state index in [1.54, 1.807) is 12.1 Å². The number of rotatable bonds is 5. The van der Waals surface area contributed by atoms with E-state index in [2.05, 4.69) is 5.32 Å². The molecule has 1 aromatic carbocycles. The number of carbonyl (C=O) groups is 1. The third kappa shape index (κ3) is 4.15. The predicted octanol–water partition coefficient (Wildman–Crippen LogP) is 2.81. The molecular weight excluding hydrogens is 376 g/mol. The van der Waals surface area contributed by atoms with Crippen molar-refractivity contribution in [1.29, 1.82) is 0 Å². The van der Waals surface area contributed by atoms with E-state index in [4.69, 9.17) is 16.3 Å². The molecule has 0 aromatic heterocycles. The molecule has 1 aliphatic heterocycles. The SMILES string of the molecule is COc1ccc(Cl)cc1S(=O)(=O)N1CCC[C@H](C(=O)NC2CCCC2)C1. The normalized spacial score (nSPS) is 22.3. The van der Waals surface area contributed by atoms with Crippen LogP contribution in [-0.2, 0) is 14.8 Å². The fourth-order valence-electron chi connectivity index (χ4n) is 3.76. The number of benzene rings is 1. The Bertz CT molecular complexity index is 762. The van der Waals surface area contributed by atoms with Crippen molar-refractivity contribution in [3.8, 4) is 5.75 Å². The van der Waals surface area contributed by atoms with Crippen LogP contribution in [0.2, 0.25) is 5.02 Å². The zero-order chi connectivity index (χ0) is 18.7. The number of sulfonamides is 1. The number of hydrogen-bond acceptors (Lipinski definition) is 4. The van der Waals surface area contributed by atoms with Gasteiger partial charge in [-0.2, -0.15) is 4.31 Å². The van der Waals surface area contributed by atoms with E-state index in [1.807, 2.05) is 0 Å². The molecule has 26 heavy (non-hydrogen) atoms. The monoisotopic (exact) mass is 400 g/mol. The Morgan fingerprint density at radius 2 is 1.96 bits per heavy atom. The number of methoxy groups -OCH3 is 1. The molecule has 144 valence electrons. The van der Waals surface area contributed by atoms with Crippen molar-refractivity contribution in [1.82, 2.24) is 9.62 Å². The Labute approximate surface area is 159 Å². The summed E-state index contributed by atoms with van der Waals surface area (Å²) in [4.78, 5) is 12.6. The molecule has 0 unspecified atom stereocenters. The Morgan fingerprint density at radius 1 is 1.23 bits per heavy atom. The minimum Gasteiger partial charge on any atom is -0.495 e. The van der Waals surface area contributed by atoms with Crippen LogP contribution in [0.3, 0.4) is 0 Å². The van der Waals surface area contributed by atoms with Crippen molar-refractivity contribution in [2.45, 2.75) is 49.5 Å². The summed E-state index contributed by atoms with van der Waals surface area (Å²) >= 11 is 5.99. The second-order valence-corrected chi connectivity index (χ2v) is 9.33. The maximum absolute atomic E-state index is 13.1. The van der Waals surface area contributed by atoms with Gasteiger partial charge in [-0.05, 0) is 43.9 Å². The van der Waals surface area contributed by atoms with Crippen molar-refractivity contribution < 1.29 is 17.9 Å². The second kappa shape index (κ2) is 8.15. The van der Waals surface area contributed by atoms with Crippen LogP contribution in [0.15, 0.2) is 23.1 Å². The molecule has 0 bridgehead atoms. The van der Waals surface area contributed by atoms with Gasteiger partial charge in [0.2, 0.25) is 15.9 Å². The lowest BCUT2D eigenvalue weighted by Gasteiger charge is -2.32. The summed E-state index contributed by atoms with van der Waals surface area (Å²) in [5.74, 6) is -0.0916. The van der Waals surface area contributed by atoms with Crippen LogP contribution in [0.4, 0.5) is 0 Å². The van der Waals surface area contributed by atoms with E-state index in [0.29, 0.717) is 24.4 Å². The number of ether oxygens (including phenoxy) is 1. The van der Waals surface area contributed by atoms with Gasteiger partial charge in [-0.25, -0.2) is 8.42 Å². The molecule has 8 heteroatoms. The van der Waals surface area contributed by atoms with Gasteiger partial charge in [0.15, 0.2) is 0 Å². The molecule has 6 nitrogen and oxygen atoms in total. The van der Waals surface area contributed by atoms with E-state index >= 15 is 0 Å². The summed E-state index contributed by atoms with van der Waals surface area (Å²) in [7, 11) is -2.35. The molecule has 1 saturated carbocycles. The lowest BCUT2D eigenvalue weighted by atomic mass is 9.98. The highest BCUT2D eigenvalue weighted by Crippen LogP contribution is 2.32. The van der Waals surface area contributed by atoms with Gasteiger partial charge in [-0.15, -0.1) is 0 Å². The van der Waals surface area contributed by atoms with Gasteiger partial charge < -0.3 is 10.1 Å². The van der Waals surface area contributed by atoms with Gasteiger partial charge in [-0.1, -0.05) is 24.4 Å². The molecule has 0 spiro atoms. The van der Waals surface area contributed by atoms with Crippen molar-refractivity contribution >= 4 is 27.5 Å². The maximum Gasteiger partial charge on any atom is 0.246 e. The van der Waals surface area contributed by atoms with Gasteiger partial charge >= 0.3 is 0 Å². The molecule has 1 amide bonds. The minimum atomic E-state index is -3.78. The highest BCUT2D eigenvalue weighted by molar-refractivity contribution is 7.89. The van der Waals surface area contributed by atoms with E-state index in [1.165, 1.54) is 17.5 Å². The molecule has 1 aliphatic carbocycles. The van der Waals surface area contributed by atoms with Crippen LogP contribution in [0.5, 0.6) is 5.75 Å². The number of carbonyl (C=O) groups excluding carboxylic acids is 1. The van der Waals surface area contributed by atoms with E-state index < -0.39 is 10.0 Å². The first kappa shape index (κ1) is 19.5. The molecule has 0 radical (unpaired) electrons.